The van der Waals surface area contributed by atoms with Gasteiger partial charge < -0.3 is 15.1 Å². The molecule has 5 aliphatic rings. The van der Waals surface area contributed by atoms with Crippen molar-refractivity contribution in [2.45, 2.75) is 116 Å². The summed E-state index contributed by atoms with van der Waals surface area (Å²) in [6.07, 6.45) is 6.23. The van der Waals surface area contributed by atoms with Gasteiger partial charge in [0, 0.05) is 19.5 Å². The number of allylic oxidation sites excluding steroid dienone is 1. The molecule has 5 rings (SSSR count). The summed E-state index contributed by atoms with van der Waals surface area (Å²) in [5.41, 5.74) is 2.08. The van der Waals surface area contributed by atoms with Crippen LogP contribution in [0.15, 0.2) is 11.6 Å². The van der Waals surface area contributed by atoms with E-state index in [-0.39, 0.29) is 30.3 Å². The van der Waals surface area contributed by atoms with Gasteiger partial charge in [0.15, 0.2) is 6.10 Å². The molecular formula is C31H48F3NO3. The molecule has 1 aliphatic heterocycles. The molecule has 1 amide bonds. The van der Waals surface area contributed by atoms with Crippen molar-refractivity contribution in [3.63, 3.8) is 0 Å². The monoisotopic (exact) mass is 539 g/mol. The lowest BCUT2D eigenvalue weighted by atomic mass is 9.47. The largest absolute Gasteiger partial charge is 0.414 e. The van der Waals surface area contributed by atoms with Crippen molar-refractivity contribution in [3.05, 3.63) is 11.6 Å². The van der Waals surface area contributed by atoms with Gasteiger partial charge in [-0.05, 0) is 117 Å². The number of piperidine rings is 1. The molecule has 0 aromatic heterocycles. The average Bonchev–Trinajstić information content (AvgIpc) is 3.24. The second-order valence-corrected chi connectivity index (χ2v) is 14.1. The van der Waals surface area contributed by atoms with Crippen LogP contribution in [0.4, 0.5) is 13.2 Å². The minimum Gasteiger partial charge on any atom is -0.393 e. The van der Waals surface area contributed by atoms with Gasteiger partial charge in [-0.3, -0.25) is 4.79 Å². The van der Waals surface area contributed by atoms with Gasteiger partial charge in [0.2, 0.25) is 5.91 Å². The Morgan fingerprint density at radius 3 is 2.47 bits per heavy atom. The number of alkyl halides is 3. The van der Waals surface area contributed by atoms with Crippen molar-refractivity contribution in [1.82, 2.24) is 4.90 Å². The van der Waals surface area contributed by atoms with Gasteiger partial charge in [0.1, 0.15) is 0 Å². The van der Waals surface area contributed by atoms with Gasteiger partial charge in [0.05, 0.1) is 6.10 Å². The van der Waals surface area contributed by atoms with Crippen LogP contribution in [-0.4, -0.2) is 52.5 Å². The molecule has 0 aromatic carbocycles. The van der Waals surface area contributed by atoms with Crippen molar-refractivity contribution in [2.75, 3.05) is 13.1 Å². The molecule has 38 heavy (non-hydrogen) atoms. The van der Waals surface area contributed by atoms with Crippen LogP contribution in [0.1, 0.15) is 97.8 Å². The first-order chi connectivity index (χ1) is 17.8. The Hall–Kier alpha value is -1.08. The van der Waals surface area contributed by atoms with E-state index in [4.69, 9.17) is 0 Å². The number of nitrogens with zero attached hydrogens (tertiary/aromatic N) is 1. The Labute approximate surface area is 226 Å². The normalized spacial score (nSPS) is 41.5. The summed E-state index contributed by atoms with van der Waals surface area (Å²) in [5, 5.41) is 19.8. The Morgan fingerprint density at radius 2 is 1.79 bits per heavy atom. The molecule has 0 spiro atoms. The Kier molecular flexibility index (Phi) is 7.78. The summed E-state index contributed by atoms with van der Waals surface area (Å²) in [6, 6.07) is 0. The third-order valence-corrected chi connectivity index (χ3v) is 12.3. The maximum atomic E-state index is 13.0. The molecule has 0 aromatic rings. The van der Waals surface area contributed by atoms with Crippen molar-refractivity contribution in [3.8, 4) is 0 Å². The van der Waals surface area contributed by atoms with Gasteiger partial charge in [0.25, 0.3) is 0 Å². The van der Waals surface area contributed by atoms with Crippen molar-refractivity contribution in [2.24, 2.45) is 46.3 Å². The molecule has 7 heteroatoms. The van der Waals surface area contributed by atoms with Gasteiger partial charge in [-0.2, -0.15) is 13.2 Å². The number of carbonyl (C=O) groups excluding carboxylic acids is 1. The van der Waals surface area contributed by atoms with Crippen molar-refractivity contribution >= 4 is 5.91 Å². The van der Waals surface area contributed by atoms with E-state index in [1.165, 1.54) is 31.3 Å². The fourth-order valence-electron chi connectivity index (χ4n) is 10.1. The van der Waals surface area contributed by atoms with E-state index in [2.05, 4.69) is 26.8 Å². The molecule has 0 bridgehead atoms. The highest BCUT2D eigenvalue weighted by molar-refractivity contribution is 5.76. The SMILES string of the molecule is CC(CCC(=O)N1CCC(C(O)C(F)(F)F)CC1)[C@H]1CC[C@H]2[C@@H]3CC=C4C[C@@H](O)CC[C@]4(C)[C@H]3CC[C@]12C. The molecule has 4 nitrogen and oxygen atoms in total. The molecule has 1 heterocycles. The average molecular weight is 540 g/mol. The highest BCUT2D eigenvalue weighted by Crippen LogP contribution is 2.67. The standard InChI is InChI=1S/C31H48F3NO3/c1-19(4-9-27(37)35-16-12-20(13-17-35)28(38)31(32,33)34)24-7-8-25-23-6-5-21-18-22(36)10-14-29(21,2)26(23)11-15-30(24,25)3/h5,19-20,22-26,28,36,38H,4,6-18H2,1-3H3/t19?,22-,23-,24+,25-,26-,28?,29-,30+/m0/s1. The first-order valence-corrected chi connectivity index (χ1v) is 15.2. The summed E-state index contributed by atoms with van der Waals surface area (Å²) >= 11 is 0. The minimum atomic E-state index is -4.59. The molecule has 2 N–H and O–H groups in total. The second-order valence-electron chi connectivity index (χ2n) is 14.1. The second kappa shape index (κ2) is 10.4. The number of rotatable bonds is 5. The maximum Gasteiger partial charge on any atom is 0.414 e. The third kappa shape index (κ3) is 4.97. The summed E-state index contributed by atoms with van der Waals surface area (Å²) in [7, 11) is 0. The van der Waals surface area contributed by atoms with Crippen LogP contribution in [0.25, 0.3) is 0 Å². The highest BCUT2D eigenvalue weighted by atomic mass is 19.4. The predicted octanol–water partition coefficient (Wildman–Crippen LogP) is 6.50. The fourth-order valence-corrected chi connectivity index (χ4v) is 10.1. The molecule has 2 unspecified atom stereocenters. The minimum absolute atomic E-state index is 0.0533. The molecule has 9 atom stereocenters. The van der Waals surface area contributed by atoms with Gasteiger partial charge in [-0.15, -0.1) is 0 Å². The number of likely N-dealkylation sites (tertiary alicyclic amines) is 1. The number of halogens is 3. The van der Waals surface area contributed by atoms with E-state index in [1.54, 1.807) is 4.90 Å². The number of aliphatic hydroxyl groups excluding tert-OH is 2. The van der Waals surface area contributed by atoms with E-state index < -0.39 is 18.2 Å². The van der Waals surface area contributed by atoms with Crippen LogP contribution < -0.4 is 0 Å². The van der Waals surface area contributed by atoms with E-state index in [1.807, 2.05) is 0 Å². The number of fused-ring (bicyclic) bond motifs is 5. The first kappa shape index (κ1) is 28.4. The zero-order valence-electron chi connectivity index (χ0n) is 23.5. The predicted molar refractivity (Wildman–Crippen MR) is 141 cm³/mol. The maximum absolute atomic E-state index is 13.0. The van der Waals surface area contributed by atoms with E-state index in [0.717, 1.165) is 49.9 Å². The Bertz CT molecular complexity index is 913. The summed E-state index contributed by atoms with van der Waals surface area (Å²) in [6.45, 7) is 7.92. The molecule has 3 saturated carbocycles. The zero-order valence-corrected chi connectivity index (χ0v) is 23.5. The molecule has 1 saturated heterocycles. The molecule has 4 aliphatic carbocycles. The van der Waals surface area contributed by atoms with E-state index in [0.29, 0.717) is 36.8 Å². The van der Waals surface area contributed by atoms with Crippen molar-refractivity contribution in [1.29, 1.82) is 0 Å². The van der Waals surface area contributed by atoms with Crippen LogP contribution in [0.5, 0.6) is 0 Å². The lowest BCUT2D eigenvalue weighted by Crippen LogP contribution is -2.50. The van der Waals surface area contributed by atoms with Gasteiger partial charge in [-0.25, -0.2) is 0 Å². The zero-order chi connectivity index (χ0) is 27.5. The topological polar surface area (TPSA) is 60.8 Å². The third-order valence-electron chi connectivity index (χ3n) is 12.3. The number of carbonyl (C=O) groups is 1. The fraction of sp³-hybridized carbons (Fsp3) is 0.903. The van der Waals surface area contributed by atoms with E-state index in [9.17, 15) is 28.2 Å². The molecule has 4 fully saturated rings. The number of hydrogen-bond donors (Lipinski definition) is 2. The highest BCUT2D eigenvalue weighted by Gasteiger charge is 2.59. The molecule has 0 radical (unpaired) electrons. The van der Waals surface area contributed by atoms with E-state index >= 15 is 0 Å². The Morgan fingerprint density at radius 1 is 1.08 bits per heavy atom. The van der Waals surface area contributed by atoms with Crippen LogP contribution in [0, 0.1) is 46.3 Å². The van der Waals surface area contributed by atoms with Gasteiger partial charge >= 0.3 is 6.18 Å². The van der Waals surface area contributed by atoms with Crippen LogP contribution >= 0.6 is 0 Å². The summed E-state index contributed by atoms with van der Waals surface area (Å²) in [5.74, 6) is 2.48. The number of amides is 1. The summed E-state index contributed by atoms with van der Waals surface area (Å²) in [4.78, 5) is 14.7. The van der Waals surface area contributed by atoms with Crippen LogP contribution in [-0.2, 0) is 4.79 Å². The first-order valence-electron chi connectivity index (χ1n) is 15.2. The number of hydrogen-bond acceptors (Lipinski definition) is 3. The lowest BCUT2D eigenvalue weighted by Gasteiger charge is -2.58. The summed E-state index contributed by atoms with van der Waals surface area (Å²) < 4.78 is 38.6. The van der Waals surface area contributed by atoms with Crippen LogP contribution in [0.2, 0.25) is 0 Å². The quantitative estimate of drug-likeness (QED) is 0.392. The molecule has 216 valence electrons. The van der Waals surface area contributed by atoms with Crippen molar-refractivity contribution < 1.29 is 28.2 Å². The Balaban J connectivity index is 1.16. The number of aliphatic hydroxyl groups is 2. The molecular weight excluding hydrogens is 491 g/mol. The smallest absolute Gasteiger partial charge is 0.393 e. The van der Waals surface area contributed by atoms with Gasteiger partial charge in [-0.1, -0.05) is 32.4 Å². The van der Waals surface area contributed by atoms with Crippen LogP contribution in [0.3, 0.4) is 0 Å². The lowest BCUT2D eigenvalue weighted by molar-refractivity contribution is -0.222.